The zero-order valence-electron chi connectivity index (χ0n) is 15.7. The number of fused-ring (bicyclic) bond motifs is 1. The normalized spacial score (nSPS) is 21.7. The molecule has 1 atom stereocenters. The average molecular weight is 365 g/mol. The molecular formula is C21H27N5O. The van der Waals surface area contributed by atoms with Gasteiger partial charge in [-0.15, -0.1) is 0 Å². The molecule has 5 rings (SSSR count). The largest absolute Gasteiger partial charge is 0.357 e. The van der Waals surface area contributed by atoms with E-state index in [-0.39, 0.29) is 6.23 Å². The van der Waals surface area contributed by atoms with Crippen LogP contribution in [0.1, 0.15) is 38.3 Å². The second-order valence-electron chi connectivity index (χ2n) is 7.82. The Balaban J connectivity index is 1.36. The minimum Gasteiger partial charge on any atom is -0.357 e. The fourth-order valence-corrected chi connectivity index (χ4v) is 4.30. The molecule has 6 heteroatoms. The van der Waals surface area contributed by atoms with Crippen LogP contribution in [0.2, 0.25) is 0 Å². The van der Waals surface area contributed by atoms with Crippen LogP contribution in [0, 0.1) is 5.92 Å². The summed E-state index contributed by atoms with van der Waals surface area (Å²) in [6.07, 6.45) is 12.0. The second-order valence-corrected chi connectivity index (χ2v) is 7.82. The third kappa shape index (κ3) is 3.51. The van der Waals surface area contributed by atoms with Crippen LogP contribution < -0.4 is 5.32 Å². The number of hydrogen-bond donors (Lipinski definition) is 1. The summed E-state index contributed by atoms with van der Waals surface area (Å²) in [6, 6.07) is 6.61. The van der Waals surface area contributed by atoms with Gasteiger partial charge in [0, 0.05) is 30.3 Å². The van der Waals surface area contributed by atoms with Crippen molar-refractivity contribution < 1.29 is 4.74 Å². The molecule has 0 aliphatic carbocycles. The molecule has 0 amide bonds. The Morgan fingerprint density at radius 3 is 2.81 bits per heavy atom. The fraction of sp³-hybridized carbons (Fsp3) is 0.524. The molecule has 2 aliphatic rings. The second kappa shape index (κ2) is 7.44. The third-order valence-corrected chi connectivity index (χ3v) is 5.92. The van der Waals surface area contributed by atoms with Crippen molar-refractivity contribution in [1.29, 1.82) is 0 Å². The lowest BCUT2D eigenvalue weighted by atomic mass is 9.98. The first-order chi connectivity index (χ1) is 13.4. The number of piperidine rings is 1. The highest BCUT2D eigenvalue weighted by molar-refractivity contribution is 5.84. The molecule has 2 saturated heterocycles. The molecule has 2 aliphatic heterocycles. The summed E-state index contributed by atoms with van der Waals surface area (Å²) >= 11 is 0. The summed E-state index contributed by atoms with van der Waals surface area (Å²) in [5.74, 6) is 0.725. The maximum absolute atomic E-state index is 5.84. The molecular weight excluding hydrogens is 338 g/mol. The molecule has 6 nitrogen and oxygen atoms in total. The Labute approximate surface area is 159 Å². The van der Waals surface area contributed by atoms with Gasteiger partial charge in [0.25, 0.3) is 0 Å². The van der Waals surface area contributed by atoms with E-state index in [1.807, 2.05) is 17.1 Å². The van der Waals surface area contributed by atoms with Crippen LogP contribution >= 0.6 is 0 Å². The number of nitrogens with one attached hydrogen (secondary N) is 1. The van der Waals surface area contributed by atoms with Crippen molar-refractivity contribution >= 4 is 10.9 Å². The predicted molar refractivity (Wildman–Crippen MR) is 105 cm³/mol. The lowest BCUT2D eigenvalue weighted by Gasteiger charge is -2.22. The lowest BCUT2D eigenvalue weighted by Crippen LogP contribution is -2.30. The van der Waals surface area contributed by atoms with Crippen LogP contribution in [0.25, 0.3) is 22.0 Å². The van der Waals surface area contributed by atoms with Crippen LogP contribution in [0.15, 0.2) is 36.8 Å². The van der Waals surface area contributed by atoms with Crippen molar-refractivity contribution in [1.82, 2.24) is 24.9 Å². The summed E-state index contributed by atoms with van der Waals surface area (Å²) in [5.41, 5.74) is 3.54. The molecule has 1 unspecified atom stereocenters. The van der Waals surface area contributed by atoms with Gasteiger partial charge >= 0.3 is 0 Å². The minimum atomic E-state index is 0.0870. The van der Waals surface area contributed by atoms with Crippen molar-refractivity contribution in [2.75, 3.05) is 19.7 Å². The van der Waals surface area contributed by atoms with Crippen molar-refractivity contribution in [2.45, 2.75) is 44.9 Å². The minimum absolute atomic E-state index is 0.0870. The Hall–Kier alpha value is -2.18. The third-order valence-electron chi connectivity index (χ3n) is 5.92. The van der Waals surface area contributed by atoms with E-state index in [2.05, 4.69) is 44.6 Å². The number of nitrogens with zero attached hydrogens (tertiary/aromatic N) is 4. The zero-order valence-corrected chi connectivity index (χ0v) is 15.7. The predicted octanol–water partition coefficient (Wildman–Crippen LogP) is 3.60. The first-order valence-corrected chi connectivity index (χ1v) is 10.2. The van der Waals surface area contributed by atoms with Gasteiger partial charge < -0.3 is 10.1 Å². The molecule has 1 aromatic carbocycles. The first-order valence-electron chi connectivity index (χ1n) is 10.2. The number of rotatable bonds is 4. The molecule has 27 heavy (non-hydrogen) atoms. The molecule has 1 N–H and O–H groups in total. The van der Waals surface area contributed by atoms with Gasteiger partial charge in [-0.05, 0) is 68.8 Å². The topological polar surface area (TPSA) is 56.9 Å². The van der Waals surface area contributed by atoms with E-state index in [0.29, 0.717) is 0 Å². The highest BCUT2D eigenvalue weighted by Gasteiger charge is 2.18. The average Bonchev–Trinajstić information content (AvgIpc) is 3.37. The number of hydrogen-bond acceptors (Lipinski definition) is 4. The SMILES string of the molecule is c1cc2c(cnn2CC2CCNCC2)cc1-c1cnn(C2CCCCO2)c1. The van der Waals surface area contributed by atoms with Gasteiger partial charge in [-0.1, -0.05) is 6.07 Å². The van der Waals surface area contributed by atoms with Crippen molar-refractivity contribution in [3.8, 4) is 11.1 Å². The van der Waals surface area contributed by atoms with Gasteiger partial charge in [-0.25, -0.2) is 4.68 Å². The zero-order chi connectivity index (χ0) is 18.1. The van der Waals surface area contributed by atoms with Crippen LogP contribution in [0.3, 0.4) is 0 Å². The summed E-state index contributed by atoms with van der Waals surface area (Å²) in [4.78, 5) is 0. The van der Waals surface area contributed by atoms with Crippen molar-refractivity contribution in [3.63, 3.8) is 0 Å². The molecule has 2 fully saturated rings. The van der Waals surface area contributed by atoms with Gasteiger partial charge in [0.15, 0.2) is 0 Å². The van der Waals surface area contributed by atoms with Gasteiger partial charge in [0.1, 0.15) is 6.23 Å². The molecule has 2 aromatic heterocycles. The van der Waals surface area contributed by atoms with E-state index >= 15 is 0 Å². The van der Waals surface area contributed by atoms with E-state index < -0.39 is 0 Å². The molecule has 4 heterocycles. The molecule has 142 valence electrons. The highest BCUT2D eigenvalue weighted by atomic mass is 16.5. The molecule has 3 aromatic rings. The first kappa shape index (κ1) is 17.0. The van der Waals surface area contributed by atoms with E-state index in [9.17, 15) is 0 Å². The van der Waals surface area contributed by atoms with Crippen LogP contribution in [0.4, 0.5) is 0 Å². The molecule has 0 saturated carbocycles. The highest BCUT2D eigenvalue weighted by Crippen LogP contribution is 2.28. The number of aromatic nitrogens is 4. The van der Waals surface area contributed by atoms with Crippen LogP contribution in [-0.4, -0.2) is 39.3 Å². The number of ether oxygens (including phenoxy) is 1. The van der Waals surface area contributed by atoms with Gasteiger partial charge in [-0.2, -0.15) is 10.2 Å². The lowest BCUT2D eigenvalue weighted by molar-refractivity contribution is -0.0394. The Morgan fingerprint density at radius 2 is 1.96 bits per heavy atom. The quantitative estimate of drug-likeness (QED) is 0.767. The maximum atomic E-state index is 5.84. The summed E-state index contributed by atoms with van der Waals surface area (Å²) in [5, 5.41) is 13.8. The Kier molecular flexibility index (Phi) is 4.67. The van der Waals surface area contributed by atoms with Gasteiger partial charge in [-0.3, -0.25) is 4.68 Å². The van der Waals surface area contributed by atoms with Crippen LogP contribution in [-0.2, 0) is 11.3 Å². The van der Waals surface area contributed by atoms with E-state index in [1.54, 1.807) is 0 Å². The smallest absolute Gasteiger partial charge is 0.150 e. The summed E-state index contributed by atoms with van der Waals surface area (Å²) in [7, 11) is 0. The van der Waals surface area contributed by atoms with Crippen molar-refractivity contribution in [3.05, 3.63) is 36.8 Å². The van der Waals surface area contributed by atoms with Gasteiger partial charge in [0.2, 0.25) is 0 Å². The maximum Gasteiger partial charge on any atom is 0.150 e. The standard InChI is InChI=1S/C21H27N5O/c1-2-10-27-21(3-1)26-15-19(13-24-26)17-4-5-20-18(11-17)12-23-25(20)14-16-6-8-22-9-7-16/h4-5,11-13,15-16,21-22H,1-3,6-10,14H2. The van der Waals surface area contributed by atoms with Crippen molar-refractivity contribution in [2.24, 2.45) is 5.92 Å². The Morgan fingerprint density at radius 1 is 1.04 bits per heavy atom. The summed E-state index contributed by atoms with van der Waals surface area (Å²) < 4.78 is 9.99. The van der Waals surface area contributed by atoms with E-state index in [0.717, 1.165) is 50.6 Å². The van der Waals surface area contributed by atoms with E-state index in [1.165, 1.54) is 35.7 Å². The molecule has 0 bridgehead atoms. The molecule has 0 radical (unpaired) electrons. The number of benzene rings is 1. The van der Waals surface area contributed by atoms with Crippen LogP contribution in [0.5, 0.6) is 0 Å². The Bertz CT molecular complexity index is 902. The fourth-order valence-electron chi connectivity index (χ4n) is 4.30. The van der Waals surface area contributed by atoms with E-state index in [4.69, 9.17) is 4.74 Å². The molecule has 0 spiro atoms. The summed E-state index contributed by atoms with van der Waals surface area (Å²) in [6.45, 7) is 4.11. The monoisotopic (exact) mass is 365 g/mol. The van der Waals surface area contributed by atoms with Gasteiger partial charge in [0.05, 0.1) is 17.9 Å².